The van der Waals surface area contributed by atoms with E-state index in [9.17, 15) is 14.7 Å². The van der Waals surface area contributed by atoms with Gasteiger partial charge in [0.15, 0.2) is 6.04 Å². The van der Waals surface area contributed by atoms with Gasteiger partial charge in [0.25, 0.3) is 0 Å². The molecule has 0 aliphatic carbocycles. The third-order valence-corrected chi connectivity index (χ3v) is 2.79. The largest absolute Gasteiger partial charge is 0.480 e. The average molecular weight is 280 g/mol. The standard InChI is InChI=1S/C14H20N2O4/c1-3-4-10-5-7-11(8-6-10)15-14(20)16-12(9(2)17)13(18)19/h5-9,12,17H,3-4H2,1-2H3,(H,18,19)(H2,15,16,20)/t9-,12+/m1/s1. The van der Waals surface area contributed by atoms with Crippen LogP contribution in [-0.4, -0.2) is 34.4 Å². The molecule has 0 spiro atoms. The highest BCUT2D eigenvalue weighted by atomic mass is 16.4. The van der Waals surface area contributed by atoms with Crippen molar-refractivity contribution in [2.24, 2.45) is 0 Å². The van der Waals surface area contributed by atoms with Crippen LogP contribution in [0.1, 0.15) is 25.8 Å². The van der Waals surface area contributed by atoms with Crippen LogP contribution in [0.2, 0.25) is 0 Å². The van der Waals surface area contributed by atoms with Crippen LogP contribution in [-0.2, 0) is 11.2 Å². The lowest BCUT2D eigenvalue weighted by atomic mass is 10.1. The van der Waals surface area contributed by atoms with Gasteiger partial charge in [-0.15, -0.1) is 0 Å². The fourth-order valence-electron chi connectivity index (χ4n) is 1.74. The van der Waals surface area contributed by atoms with E-state index < -0.39 is 24.1 Å². The van der Waals surface area contributed by atoms with E-state index in [2.05, 4.69) is 17.6 Å². The lowest BCUT2D eigenvalue weighted by Gasteiger charge is -2.17. The van der Waals surface area contributed by atoms with Crippen molar-refractivity contribution in [3.63, 3.8) is 0 Å². The number of amides is 2. The van der Waals surface area contributed by atoms with E-state index in [1.807, 2.05) is 12.1 Å². The minimum atomic E-state index is -1.34. The van der Waals surface area contributed by atoms with Crippen molar-refractivity contribution in [2.75, 3.05) is 5.32 Å². The molecule has 2 atom stereocenters. The normalized spacial score (nSPS) is 13.3. The Morgan fingerprint density at radius 2 is 1.85 bits per heavy atom. The van der Waals surface area contributed by atoms with E-state index in [1.54, 1.807) is 12.1 Å². The van der Waals surface area contributed by atoms with Crippen LogP contribution in [0.15, 0.2) is 24.3 Å². The summed E-state index contributed by atoms with van der Waals surface area (Å²) in [5, 5.41) is 22.9. The molecule has 1 rings (SSSR count). The predicted molar refractivity (Wildman–Crippen MR) is 75.7 cm³/mol. The summed E-state index contributed by atoms with van der Waals surface area (Å²) in [5.41, 5.74) is 1.74. The van der Waals surface area contributed by atoms with Crippen LogP contribution in [0, 0.1) is 0 Å². The molecule has 0 aromatic heterocycles. The van der Waals surface area contributed by atoms with E-state index in [-0.39, 0.29) is 0 Å². The molecule has 0 fully saturated rings. The quantitative estimate of drug-likeness (QED) is 0.636. The number of hydrogen-bond acceptors (Lipinski definition) is 3. The van der Waals surface area contributed by atoms with Gasteiger partial charge in [0.05, 0.1) is 6.10 Å². The van der Waals surface area contributed by atoms with Gasteiger partial charge in [-0.1, -0.05) is 25.5 Å². The topological polar surface area (TPSA) is 98.7 Å². The Kier molecular flexibility index (Phi) is 5.99. The molecule has 0 saturated heterocycles. The molecule has 6 heteroatoms. The van der Waals surface area contributed by atoms with Crippen molar-refractivity contribution in [1.29, 1.82) is 0 Å². The third-order valence-electron chi connectivity index (χ3n) is 2.79. The van der Waals surface area contributed by atoms with Crippen molar-refractivity contribution in [2.45, 2.75) is 38.8 Å². The van der Waals surface area contributed by atoms with Gasteiger partial charge in [-0.2, -0.15) is 0 Å². The van der Waals surface area contributed by atoms with Crippen molar-refractivity contribution in [3.05, 3.63) is 29.8 Å². The first-order chi connectivity index (χ1) is 9.43. The molecule has 6 nitrogen and oxygen atoms in total. The first kappa shape index (κ1) is 16.0. The minimum absolute atomic E-state index is 0.567. The molecule has 0 heterocycles. The number of nitrogens with one attached hydrogen (secondary N) is 2. The second-order valence-corrected chi connectivity index (χ2v) is 4.60. The number of carbonyl (C=O) groups excluding carboxylic acids is 1. The number of aliphatic carboxylic acids is 1. The molecular formula is C14H20N2O4. The van der Waals surface area contributed by atoms with Gasteiger partial charge >= 0.3 is 12.0 Å². The molecule has 2 amide bonds. The average Bonchev–Trinajstić information content (AvgIpc) is 2.38. The molecule has 4 N–H and O–H groups in total. The number of carbonyl (C=O) groups is 2. The van der Waals surface area contributed by atoms with E-state index in [0.717, 1.165) is 12.8 Å². The van der Waals surface area contributed by atoms with Crippen LogP contribution in [0.5, 0.6) is 0 Å². The highest BCUT2D eigenvalue weighted by Crippen LogP contribution is 2.11. The number of aryl methyl sites for hydroxylation is 1. The Morgan fingerprint density at radius 3 is 2.30 bits per heavy atom. The highest BCUT2D eigenvalue weighted by molar-refractivity contribution is 5.92. The summed E-state index contributed by atoms with van der Waals surface area (Å²) in [6.07, 6.45) is 0.836. The first-order valence-corrected chi connectivity index (χ1v) is 6.51. The Labute approximate surface area is 117 Å². The Balaban J connectivity index is 2.59. The first-order valence-electron chi connectivity index (χ1n) is 6.51. The molecule has 1 aromatic rings. The lowest BCUT2D eigenvalue weighted by Crippen LogP contribution is -2.49. The summed E-state index contributed by atoms with van der Waals surface area (Å²) in [6.45, 7) is 3.39. The molecule has 0 aliphatic rings. The van der Waals surface area contributed by atoms with Gasteiger partial charge in [-0.25, -0.2) is 9.59 Å². The van der Waals surface area contributed by atoms with Crippen LogP contribution >= 0.6 is 0 Å². The van der Waals surface area contributed by atoms with Gasteiger partial charge < -0.3 is 20.8 Å². The van der Waals surface area contributed by atoms with Crippen molar-refractivity contribution in [3.8, 4) is 0 Å². The molecule has 0 bridgehead atoms. The number of aliphatic hydroxyl groups excluding tert-OH is 1. The maximum Gasteiger partial charge on any atom is 0.328 e. The van der Waals surface area contributed by atoms with Gasteiger partial charge in [-0.3, -0.25) is 0 Å². The fraction of sp³-hybridized carbons (Fsp3) is 0.429. The smallest absolute Gasteiger partial charge is 0.328 e. The van der Waals surface area contributed by atoms with E-state index >= 15 is 0 Å². The number of carboxylic acid groups (broad SMARTS) is 1. The van der Waals surface area contributed by atoms with Gasteiger partial charge in [0.2, 0.25) is 0 Å². The van der Waals surface area contributed by atoms with Gasteiger partial charge in [0.1, 0.15) is 0 Å². The number of urea groups is 1. The van der Waals surface area contributed by atoms with Crippen LogP contribution in [0.3, 0.4) is 0 Å². The van der Waals surface area contributed by atoms with Crippen molar-refractivity contribution >= 4 is 17.7 Å². The summed E-state index contributed by atoms with van der Waals surface area (Å²) in [4.78, 5) is 22.5. The van der Waals surface area contributed by atoms with Crippen LogP contribution in [0.4, 0.5) is 10.5 Å². The second kappa shape index (κ2) is 7.49. The van der Waals surface area contributed by atoms with Crippen LogP contribution < -0.4 is 10.6 Å². The summed E-state index contributed by atoms with van der Waals surface area (Å²) < 4.78 is 0. The molecule has 110 valence electrons. The van der Waals surface area contributed by atoms with Crippen LogP contribution in [0.25, 0.3) is 0 Å². The molecule has 0 saturated carbocycles. The zero-order valence-electron chi connectivity index (χ0n) is 11.6. The summed E-state index contributed by atoms with van der Waals surface area (Å²) in [7, 11) is 0. The monoisotopic (exact) mass is 280 g/mol. The Hall–Kier alpha value is -2.08. The van der Waals surface area contributed by atoms with Gasteiger partial charge in [-0.05, 0) is 31.0 Å². The maximum absolute atomic E-state index is 11.6. The fourth-order valence-corrected chi connectivity index (χ4v) is 1.74. The molecule has 20 heavy (non-hydrogen) atoms. The molecule has 0 unspecified atom stereocenters. The number of rotatable bonds is 6. The Morgan fingerprint density at radius 1 is 1.25 bits per heavy atom. The number of aliphatic hydroxyl groups is 1. The highest BCUT2D eigenvalue weighted by Gasteiger charge is 2.24. The third kappa shape index (κ3) is 4.89. The molecule has 0 aliphatic heterocycles. The number of hydrogen-bond donors (Lipinski definition) is 4. The van der Waals surface area contributed by atoms with E-state index in [1.165, 1.54) is 12.5 Å². The number of anilines is 1. The minimum Gasteiger partial charge on any atom is -0.480 e. The summed E-state index contributed by atoms with van der Waals surface area (Å²) in [6, 6.07) is 5.31. The second-order valence-electron chi connectivity index (χ2n) is 4.60. The van der Waals surface area contributed by atoms with E-state index in [4.69, 9.17) is 5.11 Å². The summed E-state index contributed by atoms with van der Waals surface area (Å²) >= 11 is 0. The maximum atomic E-state index is 11.6. The molecule has 1 aromatic carbocycles. The SMILES string of the molecule is CCCc1ccc(NC(=O)N[C@H](C(=O)O)[C@@H](C)O)cc1. The summed E-state index contributed by atoms with van der Waals surface area (Å²) in [5.74, 6) is -1.28. The number of carboxylic acids is 1. The predicted octanol–water partition coefficient (Wildman–Crippen LogP) is 1.59. The van der Waals surface area contributed by atoms with Crippen molar-refractivity contribution in [1.82, 2.24) is 5.32 Å². The van der Waals surface area contributed by atoms with E-state index in [0.29, 0.717) is 5.69 Å². The van der Waals surface area contributed by atoms with Crippen molar-refractivity contribution < 1.29 is 19.8 Å². The Bertz CT molecular complexity index is 457. The molecule has 0 radical (unpaired) electrons. The lowest BCUT2D eigenvalue weighted by molar-refractivity contribution is -0.141. The zero-order valence-corrected chi connectivity index (χ0v) is 11.6. The number of benzene rings is 1. The zero-order chi connectivity index (χ0) is 15.1. The van der Waals surface area contributed by atoms with Gasteiger partial charge in [0, 0.05) is 5.69 Å². The molecular weight excluding hydrogens is 260 g/mol.